The van der Waals surface area contributed by atoms with Crippen LogP contribution in [0.1, 0.15) is 11.1 Å². The molecule has 0 aromatic heterocycles. The van der Waals surface area contributed by atoms with E-state index < -0.39 is 0 Å². The summed E-state index contributed by atoms with van der Waals surface area (Å²) < 4.78 is 0. The van der Waals surface area contributed by atoms with Crippen molar-refractivity contribution in [3.8, 4) is 0 Å². The molecule has 0 N–H and O–H groups in total. The van der Waals surface area contributed by atoms with Crippen LogP contribution in [0.4, 0.5) is 0 Å². The summed E-state index contributed by atoms with van der Waals surface area (Å²) in [5, 5.41) is 0. The quantitative estimate of drug-likeness (QED) is 0.451. The summed E-state index contributed by atoms with van der Waals surface area (Å²) in [5.41, 5.74) is 2.57. The number of carbonyl (C=O) groups excluding carboxylic acids is 1. The lowest BCUT2D eigenvalue weighted by atomic mass is 9.96. The standard InChI is InChI=1S/C16H11NO/c1-17-15(12-18)16(13-8-4-2-5-9-13)14-10-6-3-7-11-14/h2-12H. The van der Waals surface area contributed by atoms with E-state index in [9.17, 15) is 4.79 Å². The van der Waals surface area contributed by atoms with Crippen molar-refractivity contribution in [3.63, 3.8) is 0 Å². The van der Waals surface area contributed by atoms with Gasteiger partial charge in [-0.3, -0.25) is 0 Å². The molecule has 0 aliphatic heterocycles. The first kappa shape index (κ1) is 11.8. The van der Waals surface area contributed by atoms with E-state index in [4.69, 9.17) is 6.57 Å². The Kier molecular flexibility index (Phi) is 3.68. The van der Waals surface area contributed by atoms with Gasteiger partial charge in [-0.1, -0.05) is 60.7 Å². The predicted molar refractivity (Wildman–Crippen MR) is 71.6 cm³/mol. The Hall–Kier alpha value is -2.66. The van der Waals surface area contributed by atoms with Gasteiger partial charge in [0.2, 0.25) is 5.70 Å². The molecule has 0 bridgehead atoms. The summed E-state index contributed by atoms with van der Waals surface area (Å²) in [5.74, 6) is 0. The van der Waals surface area contributed by atoms with Gasteiger partial charge in [-0.15, -0.1) is 0 Å². The zero-order valence-electron chi connectivity index (χ0n) is 9.71. The van der Waals surface area contributed by atoms with Crippen LogP contribution >= 0.6 is 0 Å². The number of hydrogen-bond acceptors (Lipinski definition) is 1. The van der Waals surface area contributed by atoms with Crippen LogP contribution in [0.2, 0.25) is 0 Å². The van der Waals surface area contributed by atoms with Gasteiger partial charge >= 0.3 is 0 Å². The Morgan fingerprint density at radius 2 is 1.33 bits per heavy atom. The van der Waals surface area contributed by atoms with E-state index in [0.717, 1.165) is 11.1 Å². The molecule has 0 saturated carbocycles. The number of benzene rings is 2. The first-order valence-corrected chi connectivity index (χ1v) is 5.54. The van der Waals surface area contributed by atoms with Gasteiger partial charge in [0.25, 0.3) is 0 Å². The van der Waals surface area contributed by atoms with Crippen LogP contribution < -0.4 is 0 Å². The molecule has 0 amide bonds. The fraction of sp³-hybridized carbons (Fsp3) is 0. The molecule has 0 saturated heterocycles. The molecule has 2 nitrogen and oxygen atoms in total. The molecule has 0 unspecified atom stereocenters. The zero-order valence-corrected chi connectivity index (χ0v) is 9.71. The molecule has 2 aromatic rings. The Morgan fingerprint density at radius 1 is 0.889 bits per heavy atom. The fourth-order valence-corrected chi connectivity index (χ4v) is 1.81. The molecular weight excluding hydrogens is 222 g/mol. The number of hydrogen-bond donors (Lipinski definition) is 0. The van der Waals surface area contributed by atoms with Gasteiger partial charge in [0.15, 0.2) is 6.29 Å². The predicted octanol–water partition coefficient (Wildman–Crippen LogP) is 3.56. The van der Waals surface area contributed by atoms with Crippen LogP contribution in [-0.4, -0.2) is 6.29 Å². The Balaban J connectivity index is 2.68. The SMILES string of the molecule is [C-]#[N+]C(C=O)=C(c1ccccc1)c1ccccc1. The first-order valence-electron chi connectivity index (χ1n) is 5.54. The molecule has 86 valence electrons. The second-order valence-electron chi connectivity index (χ2n) is 3.72. The van der Waals surface area contributed by atoms with E-state index in [1.807, 2.05) is 60.7 Å². The van der Waals surface area contributed by atoms with Gasteiger partial charge in [0, 0.05) is 0 Å². The Bertz CT molecular complexity index is 565. The van der Waals surface area contributed by atoms with Crippen LogP contribution in [0, 0.1) is 6.57 Å². The van der Waals surface area contributed by atoms with E-state index in [1.165, 1.54) is 0 Å². The number of carbonyl (C=O) groups is 1. The minimum atomic E-state index is 0.132. The van der Waals surface area contributed by atoms with Crippen LogP contribution in [0.15, 0.2) is 66.4 Å². The number of allylic oxidation sites excluding steroid dienone is 1. The summed E-state index contributed by atoms with van der Waals surface area (Å²) >= 11 is 0. The lowest BCUT2D eigenvalue weighted by Gasteiger charge is -2.09. The number of aldehydes is 1. The maximum Gasteiger partial charge on any atom is 0.234 e. The molecule has 2 heteroatoms. The highest BCUT2D eigenvalue weighted by atomic mass is 16.1. The highest BCUT2D eigenvalue weighted by molar-refractivity contribution is 5.96. The second kappa shape index (κ2) is 5.60. The van der Waals surface area contributed by atoms with Crippen LogP contribution in [0.3, 0.4) is 0 Å². The van der Waals surface area contributed by atoms with Crippen molar-refractivity contribution in [2.75, 3.05) is 0 Å². The van der Waals surface area contributed by atoms with Crippen LogP contribution in [-0.2, 0) is 4.79 Å². The van der Waals surface area contributed by atoms with Crippen molar-refractivity contribution in [2.24, 2.45) is 0 Å². The van der Waals surface area contributed by atoms with Crippen LogP contribution in [0.25, 0.3) is 10.4 Å². The van der Waals surface area contributed by atoms with Gasteiger partial charge in [-0.05, 0) is 16.7 Å². The van der Waals surface area contributed by atoms with Crippen molar-refractivity contribution in [3.05, 3.63) is 88.9 Å². The monoisotopic (exact) mass is 233 g/mol. The van der Waals surface area contributed by atoms with E-state index >= 15 is 0 Å². The smallest absolute Gasteiger partial charge is 0.234 e. The van der Waals surface area contributed by atoms with Crippen molar-refractivity contribution < 1.29 is 4.79 Å². The Morgan fingerprint density at radius 3 is 1.67 bits per heavy atom. The molecule has 0 fully saturated rings. The minimum absolute atomic E-state index is 0.132. The topological polar surface area (TPSA) is 21.4 Å². The fourth-order valence-electron chi connectivity index (χ4n) is 1.81. The van der Waals surface area contributed by atoms with Crippen molar-refractivity contribution in [1.29, 1.82) is 0 Å². The summed E-state index contributed by atoms with van der Waals surface area (Å²) in [6, 6.07) is 19.0. The van der Waals surface area contributed by atoms with Gasteiger partial charge in [-0.2, -0.15) is 0 Å². The molecular formula is C16H11NO. The molecule has 0 heterocycles. The largest absolute Gasteiger partial charge is 0.312 e. The summed E-state index contributed by atoms with van der Waals surface area (Å²) in [4.78, 5) is 14.4. The first-order chi connectivity index (χ1) is 8.86. The van der Waals surface area contributed by atoms with E-state index in [2.05, 4.69) is 4.85 Å². The van der Waals surface area contributed by atoms with Crippen LogP contribution in [0.5, 0.6) is 0 Å². The highest BCUT2D eigenvalue weighted by Gasteiger charge is 2.10. The maximum absolute atomic E-state index is 11.1. The van der Waals surface area contributed by atoms with Gasteiger partial charge in [-0.25, -0.2) is 4.85 Å². The van der Waals surface area contributed by atoms with Crippen molar-refractivity contribution in [1.82, 2.24) is 0 Å². The third-order valence-electron chi connectivity index (χ3n) is 2.61. The average Bonchev–Trinajstić information content (AvgIpc) is 2.46. The van der Waals surface area contributed by atoms with Crippen molar-refractivity contribution in [2.45, 2.75) is 0 Å². The molecule has 2 aromatic carbocycles. The minimum Gasteiger partial charge on any atom is -0.312 e. The molecule has 0 radical (unpaired) electrons. The lowest BCUT2D eigenvalue weighted by Crippen LogP contribution is -1.93. The molecule has 0 spiro atoms. The van der Waals surface area contributed by atoms with E-state index in [1.54, 1.807) is 0 Å². The normalized spacial score (nSPS) is 9.28. The molecule has 0 aliphatic carbocycles. The lowest BCUT2D eigenvalue weighted by molar-refractivity contribution is -0.104. The second-order valence-corrected chi connectivity index (χ2v) is 3.72. The molecule has 18 heavy (non-hydrogen) atoms. The number of nitrogens with zero attached hydrogens (tertiary/aromatic N) is 1. The van der Waals surface area contributed by atoms with E-state index in [-0.39, 0.29) is 5.70 Å². The molecule has 0 aliphatic rings. The summed E-state index contributed by atoms with van der Waals surface area (Å²) in [7, 11) is 0. The van der Waals surface area contributed by atoms with Crippen molar-refractivity contribution >= 4 is 11.9 Å². The molecule has 2 rings (SSSR count). The number of rotatable bonds is 3. The van der Waals surface area contributed by atoms with Gasteiger partial charge in [0.05, 0.1) is 6.57 Å². The van der Waals surface area contributed by atoms with Gasteiger partial charge in [0.1, 0.15) is 0 Å². The zero-order chi connectivity index (χ0) is 12.8. The molecule has 0 atom stereocenters. The average molecular weight is 233 g/mol. The third kappa shape index (κ3) is 2.36. The third-order valence-corrected chi connectivity index (χ3v) is 2.61. The summed E-state index contributed by atoms with van der Waals surface area (Å²) in [6.45, 7) is 7.12. The van der Waals surface area contributed by atoms with E-state index in [0.29, 0.717) is 11.9 Å². The van der Waals surface area contributed by atoms with Gasteiger partial charge < -0.3 is 4.79 Å². The maximum atomic E-state index is 11.1. The highest BCUT2D eigenvalue weighted by Crippen LogP contribution is 2.26. The Labute approximate surface area is 106 Å². The summed E-state index contributed by atoms with van der Waals surface area (Å²) in [6.07, 6.45) is 0.613.